The van der Waals surface area contributed by atoms with Gasteiger partial charge in [-0.3, -0.25) is 4.90 Å². The lowest BCUT2D eigenvalue weighted by molar-refractivity contribution is 0.00985. The second-order valence-corrected chi connectivity index (χ2v) is 9.17. The Hall–Kier alpha value is -2.04. The highest BCUT2D eigenvalue weighted by atomic mass is 32.1. The van der Waals surface area contributed by atoms with Gasteiger partial charge in [-0.25, -0.2) is 23.6 Å². The van der Waals surface area contributed by atoms with Gasteiger partial charge in [0.05, 0.1) is 19.3 Å². The Morgan fingerprint density at radius 3 is 2.53 bits per heavy atom. The van der Waals surface area contributed by atoms with E-state index in [1.165, 1.54) is 37.0 Å². The molecule has 1 amide bonds. The zero-order chi connectivity index (χ0) is 22.8. The monoisotopic (exact) mass is 468 g/mol. The van der Waals surface area contributed by atoms with Crippen LogP contribution in [0.2, 0.25) is 0 Å². The summed E-state index contributed by atoms with van der Waals surface area (Å²) in [6, 6.07) is 2.44. The molecule has 0 aromatic heterocycles. The Balaban J connectivity index is 1.44. The number of amides is 1. The summed E-state index contributed by atoms with van der Waals surface area (Å²) in [4.78, 5) is 15.3. The van der Waals surface area contributed by atoms with Gasteiger partial charge >= 0.3 is 6.09 Å². The average Bonchev–Trinajstić information content (AvgIpc) is 3.53. The lowest BCUT2D eigenvalue weighted by Crippen LogP contribution is -2.41. The fraction of sp³-hybridized carbons (Fsp3) is 0.636. The van der Waals surface area contributed by atoms with E-state index in [4.69, 9.17) is 21.7 Å². The predicted molar refractivity (Wildman–Crippen MR) is 122 cm³/mol. The van der Waals surface area contributed by atoms with Crippen LogP contribution in [0.25, 0.3) is 0 Å². The first-order chi connectivity index (χ1) is 15.4. The first kappa shape index (κ1) is 23.1. The van der Waals surface area contributed by atoms with E-state index >= 15 is 8.78 Å². The van der Waals surface area contributed by atoms with Gasteiger partial charge in [0.25, 0.3) is 0 Å². The number of nitrogens with zero attached hydrogens (tertiary/aromatic N) is 4. The molecule has 0 spiro atoms. The molecule has 2 heterocycles. The summed E-state index contributed by atoms with van der Waals surface area (Å²) in [5.41, 5.74) is 0.123. The Morgan fingerprint density at radius 1 is 1.19 bits per heavy atom. The van der Waals surface area contributed by atoms with Crippen LogP contribution in [0, 0.1) is 17.6 Å². The summed E-state index contributed by atoms with van der Waals surface area (Å²) < 4.78 is 40.5. The highest BCUT2D eigenvalue weighted by molar-refractivity contribution is 7.80. The maximum atomic E-state index is 15.1. The fourth-order valence-corrected chi connectivity index (χ4v) is 4.37. The van der Waals surface area contributed by atoms with Crippen LogP contribution >= 0.6 is 12.2 Å². The lowest BCUT2D eigenvalue weighted by Gasteiger charge is -2.29. The number of hydrogen-bond acceptors (Lipinski definition) is 7. The third-order valence-corrected chi connectivity index (χ3v) is 6.74. The second-order valence-electron chi connectivity index (χ2n) is 8.71. The van der Waals surface area contributed by atoms with Crippen molar-refractivity contribution in [3.63, 3.8) is 0 Å². The molecule has 1 aromatic carbocycles. The van der Waals surface area contributed by atoms with Crippen LogP contribution in [-0.4, -0.2) is 80.7 Å². The second kappa shape index (κ2) is 9.84. The van der Waals surface area contributed by atoms with Crippen molar-refractivity contribution in [3.8, 4) is 0 Å². The molecule has 10 heteroatoms. The summed E-state index contributed by atoms with van der Waals surface area (Å²) in [5.74, 6) is -0.601. The molecule has 2 aliphatic heterocycles. The van der Waals surface area contributed by atoms with Crippen molar-refractivity contribution in [2.75, 3.05) is 63.2 Å². The van der Waals surface area contributed by atoms with Crippen LogP contribution < -0.4 is 9.80 Å². The minimum atomic E-state index is -0.671. The number of ether oxygens (including phenoxy) is 2. The standard InChI is InChI=1S/C22H30F2N4O3S/c1-25-7-8-26(9-10-27(25)13-15-3-4-15)21-18(23)11-16(12-19(21)24)28-14-17(31-22(28)29)5-6-20(32)30-2/h11-12,15,17H,3-10,13-14H2,1-2H3/t17-/m0/s1. The van der Waals surface area contributed by atoms with Gasteiger partial charge in [-0.15, -0.1) is 0 Å². The normalized spacial score (nSPS) is 22.8. The number of anilines is 2. The molecule has 176 valence electrons. The minimum absolute atomic E-state index is 0.0371. The zero-order valence-corrected chi connectivity index (χ0v) is 19.4. The summed E-state index contributed by atoms with van der Waals surface area (Å²) in [7, 11) is 3.52. The number of carbonyl (C=O) groups excluding carboxylic acids is 1. The van der Waals surface area contributed by atoms with Gasteiger partial charge in [0.1, 0.15) is 11.8 Å². The molecule has 3 fully saturated rings. The molecule has 1 aliphatic carbocycles. The molecule has 0 radical (unpaired) electrons. The van der Waals surface area contributed by atoms with Crippen molar-refractivity contribution < 1.29 is 23.0 Å². The molecule has 4 rings (SSSR count). The molecule has 2 saturated heterocycles. The van der Waals surface area contributed by atoms with Crippen LogP contribution in [0.4, 0.5) is 25.0 Å². The summed E-state index contributed by atoms with van der Waals surface area (Å²) >= 11 is 5.01. The molecule has 32 heavy (non-hydrogen) atoms. The number of carbonyl (C=O) groups is 1. The summed E-state index contributed by atoms with van der Waals surface area (Å²) in [6.07, 6.45) is 2.48. The number of cyclic esters (lactones) is 1. The number of thiocarbonyl (C=S) groups is 1. The molecule has 7 nitrogen and oxygen atoms in total. The van der Waals surface area contributed by atoms with Crippen LogP contribution in [0.15, 0.2) is 12.1 Å². The summed E-state index contributed by atoms with van der Waals surface area (Å²) in [5, 5.41) is 4.86. The highest BCUT2D eigenvalue weighted by Crippen LogP contribution is 2.33. The van der Waals surface area contributed by atoms with Crippen molar-refractivity contribution in [3.05, 3.63) is 23.8 Å². The Bertz CT molecular complexity index is 847. The van der Waals surface area contributed by atoms with Gasteiger partial charge in [-0.1, -0.05) is 0 Å². The number of hydrazine groups is 1. The number of hydrogen-bond donors (Lipinski definition) is 0. The Morgan fingerprint density at radius 2 is 1.88 bits per heavy atom. The first-order valence-electron chi connectivity index (χ1n) is 11.1. The molecular weight excluding hydrogens is 438 g/mol. The molecule has 1 saturated carbocycles. The van der Waals surface area contributed by atoms with E-state index in [1.807, 2.05) is 7.05 Å². The van der Waals surface area contributed by atoms with E-state index in [2.05, 4.69) is 10.0 Å². The van der Waals surface area contributed by atoms with Crippen molar-refractivity contribution in [2.45, 2.75) is 31.8 Å². The molecule has 3 aliphatic rings. The van der Waals surface area contributed by atoms with Crippen molar-refractivity contribution in [2.24, 2.45) is 5.92 Å². The van der Waals surface area contributed by atoms with E-state index in [1.54, 1.807) is 4.90 Å². The number of rotatable bonds is 7. The minimum Gasteiger partial charge on any atom is -0.490 e. The number of benzene rings is 1. The number of likely N-dealkylation sites (N-methyl/N-ethyl adjacent to an activating group) is 1. The molecule has 0 N–H and O–H groups in total. The Labute approximate surface area is 192 Å². The van der Waals surface area contributed by atoms with Gasteiger partial charge in [0.2, 0.25) is 0 Å². The van der Waals surface area contributed by atoms with Crippen molar-refractivity contribution in [1.82, 2.24) is 10.0 Å². The average molecular weight is 469 g/mol. The molecule has 0 bridgehead atoms. The van der Waals surface area contributed by atoms with Crippen LogP contribution in [0.3, 0.4) is 0 Å². The van der Waals surface area contributed by atoms with Crippen molar-refractivity contribution >= 4 is 34.7 Å². The van der Waals surface area contributed by atoms with Gasteiger partial charge in [0, 0.05) is 58.3 Å². The summed E-state index contributed by atoms with van der Waals surface area (Å²) in [6.45, 7) is 3.69. The topological polar surface area (TPSA) is 48.5 Å². The molecule has 0 unspecified atom stereocenters. The molecule has 1 aromatic rings. The quantitative estimate of drug-likeness (QED) is 0.569. The van der Waals surface area contributed by atoms with Crippen molar-refractivity contribution in [1.29, 1.82) is 0 Å². The maximum Gasteiger partial charge on any atom is 0.414 e. The van der Waals surface area contributed by atoms with Crippen LogP contribution in [0.5, 0.6) is 0 Å². The largest absolute Gasteiger partial charge is 0.490 e. The van der Waals surface area contributed by atoms with E-state index in [0.29, 0.717) is 37.5 Å². The lowest BCUT2D eigenvalue weighted by atomic mass is 10.2. The zero-order valence-electron chi connectivity index (χ0n) is 18.6. The number of halogens is 2. The van der Waals surface area contributed by atoms with Crippen LogP contribution in [-0.2, 0) is 9.47 Å². The van der Waals surface area contributed by atoms with E-state index < -0.39 is 23.8 Å². The smallest absolute Gasteiger partial charge is 0.414 e. The van der Waals surface area contributed by atoms with Crippen LogP contribution in [0.1, 0.15) is 25.7 Å². The Kier molecular flexibility index (Phi) is 7.11. The third-order valence-electron chi connectivity index (χ3n) is 6.37. The first-order valence-corrected chi connectivity index (χ1v) is 11.5. The number of methoxy groups -OCH3 is 1. The van der Waals surface area contributed by atoms with E-state index in [-0.39, 0.29) is 17.9 Å². The molecular formula is C22H30F2N4O3S. The van der Waals surface area contributed by atoms with Gasteiger partial charge in [-0.2, -0.15) is 0 Å². The predicted octanol–water partition coefficient (Wildman–Crippen LogP) is 3.42. The van der Waals surface area contributed by atoms with Gasteiger partial charge < -0.3 is 14.4 Å². The van der Waals surface area contributed by atoms with Gasteiger partial charge in [0.15, 0.2) is 16.7 Å². The highest BCUT2D eigenvalue weighted by Gasteiger charge is 2.34. The van der Waals surface area contributed by atoms with Gasteiger partial charge in [-0.05, 0) is 37.4 Å². The van der Waals surface area contributed by atoms with E-state index in [0.717, 1.165) is 19.0 Å². The third kappa shape index (κ3) is 5.29. The fourth-order valence-electron chi connectivity index (χ4n) is 4.25. The maximum absolute atomic E-state index is 15.1. The van der Waals surface area contributed by atoms with E-state index in [9.17, 15) is 4.79 Å². The molecule has 1 atom stereocenters. The SMILES string of the molecule is COC(=S)CC[C@H]1CN(c2cc(F)c(N3CCN(C)N(CC4CC4)CC3)c(F)c2)C(=O)O1.